The molecule has 0 saturated heterocycles. The molecule has 1 atom stereocenters. The van der Waals surface area contributed by atoms with Gasteiger partial charge in [0.05, 0.1) is 12.9 Å². The summed E-state index contributed by atoms with van der Waals surface area (Å²) < 4.78 is 20.7. The van der Waals surface area contributed by atoms with Crippen LogP contribution in [0.2, 0.25) is 0 Å². The average Bonchev–Trinajstić information content (AvgIpc) is 2.38. The van der Waals surface area contributed by atoms with Crippen LogP contribution in [-0.4, -0.2) is 6.61 Å². The van der Waals surface area contributed by atoms with Gasteiger partial charge in [0, 0.05) is 0 Å². The van der Waals surface area contributed by atoms with Crippen molar-refractivity contribution < 1.29 is 13.5 Å². The molecule has 0 aliphatic carbocycles. The fourth-order valence-corrected chi connectivity index (χ4v) is 1.40. The standard InChI is InChI=1S/C6H9O3P/c1-2-9-10(7)6-4-3-5-8-6/h3-5,10H,2H2,1H3. The Labute approximate surface area is 59.9 Å². The number of rotatable bonds is 3. The van der Waals surface area contributed by atoms with Crippen LogP contribution in [-0.2, 0) is 9.09 Å². The van der Waals surface area contributed by atoms with Gasteiger partial charge in [-0.2, -0.15) is 0 Å². The molecule has 56 valence electrons. The summed E-state index contributed by atoms with van der Waals surface area (Å²) in [6.45, 7) is 2.25. The van der Waals surface area contributed by atoms with Crippen LogP contribution in [0.4, 0.5) is 0 Å². The highest BCUT2D eigenvalue weighted by atomic mass is 31.1. The van der Waals surface area contributed by atoms with Gasteiger partial charge < -0.3 is 8.94 Å². The maximum Gasteiger partial charge on any atom is 0.254 e. The van der Waals surface area contributed by atoms with Gasteiger partial charge in [-0.1, -0.05) is 0 Å². The molecule has 0 radical (unpaired) electrons. The van der Waals surface area contributed by atoms with E-state index in [1.807, 2.05) is 0 Å². The second-order valence-electron chi connectivity index (χ2n) is 1.70. The molecule has 0 amide bonds. The molecular formula is C6H9O3P. The smallest absolute Gasteiger partial charge is 0.254 e. The molecule has 10 heavy (non-hydrogen) atoms. The summed E-state index contributed by atoms with van der Waals surface area (Å²) in [6.07, 6.45) is 1.48. The largest absolute Gasteiger partial charge is 0.459 e. The number of hydrogen-bond acceptors (Lipinski definition) is 3. The lowest BCUT2D eigenvalue weighted by Gasteiger charge is -1.94. The van der Waals surface area contributed by atoms with Crippen LogP contribution in [0, 0.1) is 0 Å². The summed E-state index contributed by atoms with van der Waals surface area (Å²) in [5.74, 6) is 0. The third-order valence-corrected chi connectivity index (χ3v) is 2.24. The Morgan fingerprint density at radius 1 is 1.80 bits per heavy atom. The zero-order valence-electron chi connectivity index (χ0n) is 5.66. The minimum Gasteiger partial charge on any atom is -0.459 e. The third-order valence-electron chi connectivity index (χ3n) is 0.998. The van der Waals surface area contributed by atoms with Crippen LogP contribution in [0.25, 0.3) is 0 Å². The zero-order valence-corrected chi connectivity index (χ0v) is 6.66. The SMILES string of the molecule is CCO[PH](=O)c1ccco1. The Morgan fingerprint density at radius 3 is 3.10 bits per heavy atom. The average molecular weight is 160 g/mol. The minimum atomic E-state index is -2.09. The first kappa shape index (κ1) is 7.58. The molecule has 0 aromatic carbocycles. The summed E-state index contributed by atoms with van der Waals surface area (Å²) >= 11 is 0. The van der Waals surface area contributed by atoms with Gasteiger partial charge in [-0.25, -0.2) is 0 Å². The van der Waals surface area contributed by atoms with Crippen molar-refractivity contribution in [3.8, 4) is 0 Å². The molecule has 1 heterocycles. The van der Waals surface area contributed by atoms with E-state index in [1.54, 1.807) is 19.1 Å². The van der Waals surface area contributed by atoms with Crippen molar-refractivity contribution in [1.82, 2.24) is 0 Å². The van der Waals surface area contributed by atoms with Gasteiger partial charge in [-0.15, -0.1) is 0 Å². The number of hydrogen-bond donors (Lipinski definition) is 0. The van der Waals surface area contributed by atoms with Crippen LogP contribution in [0.3, 0.4) is 0 Å². The molecule has 3 nitrogen and oxygen atoms in total. The van der Waals surface area contributed by atoms with Crippen molar-refractivity contribution >= 4 is 13.5 Å². The fraction of sp³-hybridized carbons (Fsp3) is 0.333. The maximum atomic E-state index is 11.0. The highest BCUT2D eigenvalue weighted by Gasteiger charge is 2.03. The van der Waals surface area contributed by atoms with Crippen molar-refractivity contribution in [3.63, 3.8) is 0 Å². The van der Waals surface area contributed by atoms with E-state index >= 15 is 0 Å². The zero-order chi connectivity index (χ0) is 7.40. The Morgan fingerprint density at radius 2 is 2.60 bits per heavy atom. The van der Waals surface area contributed by atoms with Crippen LogP contribution in [0.5, 0.6) is 0 Å². The molecule has 0 N–H and O–H groups in total. The van der Waals surface area contributed by atoms with Crippen molar-refractivity contribution in [2.45, 2.75) is 6.92 Å². The lowest BCUT2D eigenvalue weighted by Crippen LogP contribution is -1.92. The van der Waals surface area contributed by atoms with E-state index in [4.69, 9.17) is 8.94 Å². The molecule has 0 aliphatic rings. The second-order valence-corrected chi connectivity index (χ2v) is 3.05. The van der Waals surface area contributed by atoms with E-state index in [0.29, 0.717) is 12.1 Å². The minimum absolute atomic E-state index is 0.437. The maximum absolute atomic E-state index is 11.0. The van der Waals surface area contributed by atoms with Gasteiger partial charge >= 0.3 is 0 Å². The first-order chi connectivity index (χ1) is 4.84. The molecule has 0 saturated carbocycles. The highest BCUT2D eigenvalue weighted by molar-refractivity contribution is 7.47. The molecule has 1 unspecified atom stereocenters. The van der Waals surface area contributed by atoms with Crippen LogP contribution < -0.4 is 5.50 Å². The van der Waals surface area contributed by atoms with Crippen LogP contribution in [0.15, 0.2) is 22.8 Å². The van der Waals surface area contributed by atoms with Crippen molar-refractivity contribution in [2.75, 3.05) is 6.61 Å². The van der Waals surface area contributed by atoms with E-state index in [1.165, 1.54) is 6.26 Å². The highest BCUT2D eigenvalue weighted by Crippen LogP contribution is 2.20. The molecule has 0 fully saturated rings. The van der Waals surface area contributed by atoms with Crippen LogP contribution in [0.1, 0.15) is 6.92 Å². The Bertz CT molecular complexity index is 205. The lowest BCUT2D eigenvalue weighted by molar-refractivity contribution is 0.352. The van der Waals surface area contributed by atoms with E-state index in [2.05, 4.69) is 0 Å². The van der Waals surface area contributed by atoms with Crippen molar-refractivity contribution in [2.24, 2.45) is 0 Å². The van der Waals surface area contributed by atoms with Crippen molar-refractivity contribution in [1.29, 1.82) is 0 Å². The first-order valence-electron chi connectivity index (χ1n) is 3.05. The molecule has 1 aromatic rings. The second kappa shape index (κ2) is 3.59. The third kappa shape index (κ3) is 1.72. The Kier molecular flexibility index (Phi) is 2.72. The summed E-state index contributed by atoms with van der Waals surface area (Å²) in [5, 5.41) is 0. The first-order valence-corrected chi connectivity index (χ1v) is 4.37. The van der Waals surface area contributed by atoms with E-state index < -0.39 is 8.03 Å². The topological polar surface area (TPSA) is 39.4 Å². The van der Waals surface area contributed by atoms with Gasteiger partial charge in [0.25, 0.3) is 8.03 Å². The molecule has 4 heteroatoms. The predicted molar refractivity (Wildman–Crippen MR) is 39.0 cm³/mol. The molecule has 0 aliphatic heterocycles. The molecular weight excluding hydrogens is 151 g/mol. The van der Waals surface area contributed by atoms with Gasteiger partial charge in [0.1, 0.15) is 0 Å². The monoisotopic (exact) mass is 160 g/mol. The lowest BCUT2D eigenvalue weighted by atomic mass is 10.7. The Hall–Kier alpha value is -0.530. The van der Waals surface area contributed by atoms with Crippen molar-refractivity contribution in [3.05, 3.63) is 18.4 Å². The number of furan rings is 1. The molecule has 0 spiro atoms. The van der Waals surface area contributed by atoms with Gasteiger partial charge in [-0.3, -0.25) is 4.57 Å². The summed E-state index contributed by atoms with van der Waals surface area (Å²) in [6, 6.07) is 3.34. The quantitative estimate of drug-likeness (QED) is 0.627. The van der Waals surface area contributed by atoms with Gasteiger partial charge in [0.15, 0.2) is 5.50 Å². The van der Waals surface area contributed by atoms with E-state index in [0.717, 1.165) is 0 Å². The normalized spacial score (nSPS) is 13.3. The Balaban J connectivity index is 2.59. The molecule has 1 aromatic heterocycles. The molecule has 1 rings (SSSR count). The van der Waals surface area contributed by atoms with E-state index in [9.17, 15) is 4.57 Å². The van der Waals surface area contributed by atoms with Crippen LogP contribution >= 0.6 is 8.03 Å². The summed E-state index contributed by atoms with van der Waals surface area (Å²) in [7, 11) is -2.09. The van der Waals surface area contributed by atoms with E-state index in [-0.39, 0.29) is 0 Å². The van der Waals surface area contributed by atoms with Gasteiger partial charge in [0.2, 0.25) is 0 Å². The summed E-state index contributed by atoms with van der Waals surface area (Å²) in [4.78, 5) is 0. The predicted octanol–water partition coefficient (Wildman–Crippen LogP) is 1.42. The van der Waals surface area contributed by atoms with Gasteiger partial charge in [-0.05, 0) is 19.1 Å². The summed E-state index contributed by atoms with van der Waals surface area (Å²) in [5.41, 5.74) is 0.437. The molecule has 0 bridgehead atoms. The fourth-order valence-electron chi connectivity index (χ4n) is 0.597.